The molecular weight excluding hydrogens is 143 g/mol. The van der Waals surface area contributed by atoms with Gasteiger partial charge in [-0.15, -0.1) is 11.5 Å². The van der Waals surface area contributed by atoms with Crippen molar-refractivity contribution >= 4 is 10.9 Å². The molecule has 0 fully saturated rings. The molecule has 0 amide bonds. The molecule has 1 aromatic heterocycles. The Morgan fingerprint density at radius 3 is 2.83 bits per heavy atom. The molecule has 0 radical (unpaired) electrons. The molecule has 2 nitrogen and oxygen atoms in total. The predicted molar refractivity (Wildman–Crippen MR) is 44.2 cm³/mol. The van der Waals surface area contributed by atoms with E-state index in [9.17, 15) is 0 Å². The fraction of sp³-hybridized carbons (Fsp3) is 0.222. The van der Waals surface area contributed by atoms with Gasteiger partial charge in [-0.3, -0.25) is 5.10 Å². The summed E-state index contributed by atoms with van der Waals surface area (Å²) in [5.74, 6) is 0. The SMILES string of the molecule is CCn1[c-]c2ccccc2n1.[Li+]. The van der Waals surface area contributed by atoms with E-state index in [1.165, 1.54) is 0 Å². The summed E-state index contributed by atoms with van der Waals surface area (Å²) in [7, 11) is 0. The Balaban J connectivity index is 0.000000720. The molecule has 0 bridgehead atoms. The second-order valence-electron chi connectivity index (χ2n) is 2.44. The second kappa shape index (κ2) is 3.80. The predicted octanol–water partition coefficient (Wildman–Crippen LogP) is -1.14. The molecule has 0 unspecified atom stereocenters. The molecule has 12 heavy (non-hydrogen) atoms. The van der Waals surface area contributed by atoms with Gasteiger partial charge in [0, 0.05) is 6.54 Å². The standard InChI is InChI=1S/C9H9N2.Li/c1-2-11-7-8-5-3-4-6-9(8)10-11;/h3-6H,2H2,1H3;/q-1;+1. The Morgan fingerprint density at radius 2 is 2.17 bits per heavy atom. The molecule has 0 aliphatic carbocycles. The normalized spacial score (nSPS) is 9.75. The number of hydrogen-bond donors (Lipinski definition) is 0. The van der Waals surface area contributed by atoms with Crippen LogP contribution >= 0.6 is 0 Å². The Labute approximate surface area is 83.7 Å². The maximum atomic E-state index is 4.29. The summed E-state index contributed by atoms with van der Waals surface area (Å²) in [6.07, 6.45) is 3.15. The van der Waals surface area contributed by atoms with Gasteiger partial charge in [0.1, 0.15) is 0 Å². The average Bonchev–Trinajstić information content (AvgIpc) is 2.46. The molecule has 3 heteroatoms. The fourth-order valence-electron chi connectivity index (χ4n) is 1.10. The van der Waals surface area contributed by atoms with Crippen LogP contribution in [0.5, 0.6) is 0 Å². The largest absolute Gasteiger partial charge is 1.00 e. The third-order valence-corrected chi connectivity index (χ3v) is 1.68. The summed E-state index contributed by atoms with van der Waals surface area (Å²) in [5, 5.41) is 5.38. The van der Waals surface area contributed by atoms with Crippen molar-refractivity contribution in [3.05, 3.63) is 30.5 Å². The number of fused-ring (bicyclic) bond motifs is 1. The molecule has 0 N–H and O–H groups in total. The zero-order valence-corrected chi connectivity index (χ0v) is 7.41. The number of benzene rings is 1. The van der Waals surface area contributed by atoms with Crippen LogP contribution in [0.25, 0.3) is 10.9 Å². The molecule has 2 aromatic rings. The van der Waals surface area contributed by atoms with Crippen LogP contribution in [0.4, 0.5) is 0 Å². The molecular formula is C9H9LiN2. The van der Waals surface area contributed by atoms with Gasteiger partial charge in [0.15, 0.2) is 0 Å². The van der Waals surface area contributed by atoms with Crippen LogP contribution in [0.15, 0.2) is 24.3 Å². The molecule has 0 saturated carbocycles. The summed E-state index contributed by atoms with van der Waals surface area (Å²) in [5.41, 5.74) is 1.02. The molecule has 2 rings (SSSR count). The third-order valence-electron chi connectivity index (χ3n) is 1.68. The number of rotatable bonds is 1. The maximum absolute atomic E-state index is 4.29. The quantitative estimate of drug-likeness (QED) is 0.373. The first kappa shape index (κ1) is 9.38. The summed E-state index contributed by atoms with van der Waals surface area (Å²) in [6, 6.07) is 8.01. The second-order valence-corrected chi connectivity index (χ2v) is 2.44. The van der Waals surface area contributed by atoms with Crippen molar-refractivity contribution in [1.82, 2.24) is 9.78 Å². The number of nitrogens with zero attached hydrogens (tertiary/aromatic N) is 2. The van der Waals surface area contributed by atoms with Crippen LogP contribution < -0.4 is 18.9 Å². The van der Waals surface area contributed by atoms with Crippen LogP contribution in [0.1, 0.15) is 6.92 Å². The van der Waals surface area contributed by atoms with Gasteiger partial charge in [-0.2, -0.15) is 6.07 Å². The molecule has 0 saturated heterocycles. The minimum absolute atomic E-state index is 0. The van der Waals surface area contributed by atoms with Crippen molar-refractivity contribution in [2.75, 3.05) is 0 Å². The van der Waals surface area contributed by atoms with E-state index in [0.29, 0.717) is 0 Å². The van der Waals surface area contributed by atoms with Gasteiger partial charge in [0.25, 0.3) is 0 Å². The molecule has 0 aliphatic rings. The maximum Gasteiger partial charge on any atom is 1.00 e. The van der Waals surface area contributed by atoms with E-state index in [-0.39, 0.29) is 18.9 Å². The van der Waals surface area contributed by atoms with E-state index in [1.807, 2.05) is 28.9 Å². The molecule has 1 aromatic carbocycles. The zero-order valence-electron chi connectivity index (χ0n) is 7.41. The van der Waals surface area contributed by atoms with Gasteiger partial charge in [0.2, 0.25) is 0 Å². The van der Waals surface area contributed by atoms with Crippen molar-refractivity contribution in [2.45, 2.75) is 13.5 Å². The zero-order chi connectivity index (χ0) is 7.68. The van der Waals surface area contributed by atoms with E-state index in [2.05, 4.69) is 18.2 Å². The molecule has 0 aliphatic heterocycles. The van der Waals surface area contributed by atoms with Crippen molar-refractivity contribution in [2.24, 2.45) is 0 Å². The Morgan fingerprint density at radius 1 is 1.42 bits per heavy atom. The molecule has 0 atom stereocenters. The van der Waals surface area contributed by atoms with Gasteiger partial charge in [-0.05, 0) is 12.4 Å². The van der Waals surface area contributed by atoms with Gasteiger partial charge in [0.05, 0.1) is 0 Å². The van der Waals surface area contributed by atoms with Crippen molar-refractivity contribution in [3.8, 4) is 0 Å². The van der Waals surface area contributed by atoms with E-state index in [0.717, 1.165) is 17.4 Å². The third kappa shape index (κ3) is 1.55. The first-order valence-corrected chi connectivity index (χ1v) is 3.75. The first-order chi connectivity index (χ1) is 5.40. The van der Waals surface area contributed by atoms with Gasteiger partial charge >= 0.3 is 18.9 Å². The van der Waals surface area contributed by atoms with Gasteiger partial charge in [-0.25, -0.2) is 0 Å². The Kier molecular flexibility index (Phi) is 2.97. The van der Waals surface area contributed by atoms with Crippen LogP contribution in [0.2, 0.25) is 0 Å². The van der Waals surface area contributed by atoms with Gasteiger partial charge < -0.3 is 4.68 Å². The molecule has 0 spiro atoms. The number of hydrogen-bond acceptors (Lipinski definition) is 1. The van der Waals surface area contributed by atoms with Crippen LogP contribution in [0.3, 0.4) is 0 Å². The van der Waals surface area contributed by atoms with Crippen LogP contribution in [-0.2, 0) is 6.54 Å². The van der Waals surface area contributed by atoms with Crippen molar-refractivity contribution in [1.29, 1.82) is 0 Å². The van der Waals surface area contributed by atoms with Crippen LogP contribution in [-0.4, -0.2) is 9.78 Å². The molecule has 56 valence electrons. The minimum atomic E-state index is 0. The Hall–Kier alpha value is -0.713. The van der Waals surface area contributed by atoms with Crippen molar-refractivity contribution in [3.63, 3.8) is 0 Å². The fourth-order valence-corrected chi connectivity index (χ4v) is 1.10. The summed E-state index contributed by atoms with van der Waals surface area (Å²) < 4.78 is 1.82. The molecule has 1 heterocycles. The van der Waals surface area contributed by atoms with Crippen molar-refractivity contribution < 1.29 is 18.9 Å². The first-order valence-electron chi connectivity index (χ1n) is 3.75. The van der Waals surface area contributed by atoms with E-state index >= 15 is 0 Å². The van der Waals surface area contributed by atoms with Gasteiger partial charge in [-0.1, -0.05) is 18.3 Å². The van der Waals surface area contributed by atoms with E-state index in [4.69, 9.17) is 0 Å². The number of aromatic nitrogens is 2. The van der Waals surface area contributed by atoms with Crippen LogP contribution in [0, 0.1) is 6.20 Å². The van der Waals surface area contributed by atoms with E-state index < -0.39 is 0 Å². The monoisotopic (exact) mass is 152 g/mol. The average molecular weight is 152 g/mol. The smallest absolute Gasteiger partial charge is 0.340 e. The summed E-state index contributed by atoms with van der Waals surface area (Å²) in [6.45, 7) is 2.94. The minimum Gasteiger partial charge on any atom is -0.340 e. The topological polar surface area (TPSA) is 17.8 Å². The number of aryl methyl sites for hydroxylation is 1. The Bertz CT molecular complexity index is 334. The summed E-state index contributed by atoms with van der Waals surface area (Å²) in [4.78, 5) is 0. The van der Waals surface area contributed by atoms with E-state index in [1.54, 1.807) is 0 Å². The summed E-state index contributed by atoms with van der Waals surface area (Å²) >= 11 is 0.